The van der Waals surface area contributed by atoms with Gasteiger partial charge in [-0.2, -0.15) is 0 Å². The number of carbonyl (C=O) groups is 1. The molecular formula is C17H24N2O5. The Kier molecular flexibility index (Phi) is 6.19. The third-order valence-corrected chi connectivity index (χ3v) is 3.68. The lowest BCUT2D eigenvalue weighted by Crippen LogP contribution is -2.49. The molecule has 0 saturated carbocycles. The minimum absolute atomic E-state index is 0.172. The Morgan fingerprint density at radius 2 is 1.96 bits per heavy atom. The largest absolute Gasteiger partial charge is 0.493 e. The van der Waals surface area contributed by atoms with Gasteiger partial charge in [-0.15, -0.1) is 0 Å². The molecule has 0 radical (unpaired) electrons. The number of aliphatic hydroxyl groups is 1. The van der Waals surface area contributed by atoms with Gasteiger partial charge in [0.25, 0.3) is 0 Å². The van der Waals surface area contributed by atoms with Crippen molar-refractivity contribution in [3.63, 3.8) is 0 Å². The number of aliphatic hydroxyl groups excluding tert-OH is 1. The Morgan fingerprint density at radius 3 is 2.62 bits per heavy atom. The number of carbonyl (C=O) groups excluding carboxylic acids is 1. The predicted octanol–water partition coefficient (Wildman–Crippen LogP) is 1.14. The molecule has 1 aliphatic rings. The molecule has 1 heterocycles. The molecule has 0 spiro atoms. The summed E-state index contributed by atoms with van der Waals surface area (Å²) in [6.45, 7) is 4.72. The van der Waals surface area contributed by atoms with E-state index in [2.05, 4.69) is 10.9 Å². The average molecular weight is 336 g/mol. The molecule has 1 atom stereocenters. The molecule has 132 valence electrons. The first-order valence-electron chi connectivity index (χ1n) is 7.74. The fourth-order valence-electron chi connectivity index (χ4n) is 1.93. The average Bonchev–Trinajstić information content (AvgIpc) is 2.56. The number of methoxy groups -OCH3 is 1. The number of benzene rings is 1. The van der Waals surface area contributed by atoms with E-state index in [1.54, 1.807) is 19.2 Å². The number of ether oxygens (including phenoxy) is 3. The molecule has 0 fully saturated rings. The van der Waals surface area contributed by atoms with Crippen LogP contribution in [0.4, 0.5) is 0 Å². The van der Waals surface area contributed by atoms with Gasteiger partial charge in [0, 0.05) is 25.7 Å². The van der Waals surface area contributed by atoms with Gasteiger partial charge in [0.2, 0.25) is 5.78 Å². The highest BCUT2D eigenvalue weighted by Gasteiger charge is 2.18. The van der Waals surface area contributed by atoms with Crippen molar-refractivity contribution in [1.29, 1.82) is 0 Å². The zero-order valence-corrected chi connectivity index (χ0v) is 14.2. The third-order valence-electron chi connectivity index (χ3n) is 3.68. The number of rotatable bonds is 8. The predicted molar refractivity (Wildman–Crippen MR) is 88.5 cm³/mol. The Labute approximate surface area is 141 Å². The van der Waals surface area contributed by atoms with Crippen molar-refractivity contribution < 1.29 is 24.1 Å². The summed E-state index contributed by atoms with van der Waals surface area (Å²) < 4.78 is 16.7. The van der Waals surface area contributed by atoms with Gasteiger partial charge in [-0.25, -0.2) is 5.43 Å². The molecule has 24 heavy (non-hydrogen) atoms. The summed E-state index contributed by atoms with van der Waals surface area (Å²) in [6, 6.07) is 7.28. The van der Waals surface area contributed by atoms with E-state index in [0.29, 0.717) is 23.8 Å². The number of hydrogen-bond acceptors (Lipinski definition) is 7. The molecule has 2 rings (SSSR count). The van der Waals surface area contributed by atoms with Crippen LogP contribution in [0.5, 0.6) is 11.5 Å². The van der Waals surface area contributed by atoms with Crippen molar-refractivity contribution >= 4 is 5.78 Å². The second kappa shape index (κ2) is 8.14. The Balaban J connectivity index is 1.84. The van der Waals surface area contributed by atoms with Crippen LogP contribution in [-0.2, 0) is 9.53 Å². The number of hydrazine groups is 1. The number of ketones is 1. The van der Waals surface area contributed by atoms with Crippen molar-refractivity contribution in [3.05, 3.63) is 36.0 Å². The lowest BCUT2D eigenvalue weighted by Gasteiger charge is -2.22. The molecule has 0 saturated heterocycles. The van der Waals surface area contributed by atoms with E-state index in [1.807, 2.05) is 26.0 Å². The summed E-state index contributed by atoms with van der Waals surface area (Å²) >= 11 is 0. The van der Waals surface area contributed by atoms with Crippen molar-refractivity contribution in [3.8, 4) is 11.5 Å². The highest BCUT2D eigenvalue weighted by atomic mass is 16.5. The van der Waals surface area contributed by atoms with Crippen LogP contribution in [0.1, 0.15) is 20.3 Å². The van der Waals surface area contributed by atoms with Crippen LogP contribution in [0.25, 0.3) is 0 Å². The second-order valence-corrected chi connectivity index (χ2v) is 6.07. The summed E-state index contributed by atoms with van der Waals surface area (Å²) in [7, 11) is 1.68. The van der Waals surface area contributed by atoms with Crippen LogP contribution in [0.3, 0.4) is 0 Å². The van der Waals surface area contributed by atoms with Gasteiger partial charge in [0.05, 0.1) is 17.9 Å². The van der Waals surface area contributed by atoms with Gasteiger partial charge >= 0.3 is 0 Å². The minimum Gasteiger partial charge on any atom is -0.493 e. The van der Waals surface area contributed by atoms with Gasteiger partial charge in [0.15, 0.2) is 6.23 Å². The first-order chi connectivity index (χ1) is 11.4. The summed E-state index contributed by atoms with van der Waals surface area (Å²) in [5, 5.41) is 9.24. The Hall–Kier alpha value is -2.09. The fraction of sp³-hybridized carbons (Fsp3) is 0.471. The number of nitrogens with one attached hydrogen (secondary N) is 2. The normalized spacial score (nSPS) is 17.9. The molecule has 7 nitrogen and oxygen atoms in total. The van der Waals surface area contributed by atoms with Gasteiger partial charge in [0.1, 0.15) is 18.1 Å². The molecule has 0 bridgehead atoms. The van der Waals surface area contributed by atoms with E-state index in [4.69, 9.17) is 14.2 Å². The van der Waals surface area contributed by atoms with E-state index >= 15 is 0 Å². The topological polar surface area (TPSA) is 89.1 Å². The lowest BCUT2D eigenvalue weighted by molar-refractivity contribution is -0.125. The summed E-state index contributed by atoms with van der Waals surface area (Å²) in [4.78, 5) is 11.4. The summed E-state index contributed by atoms with van der Waals surface area (Å²) in [6.07, 6.45) is 0.859. The van der Waals surface area contributed by atoms with Crippen molar-refractivity contribution in [2.24, 2.45) is 0 Å². The minimum atomic E-state index is -1.22. The van der Waals surface area contributed by atoms with Crippen molar-refractivity contribution in [2.75, 3.05) is 20.3 Å². The Morgan fingerprint density at radius 1 is 1.25 bits per heavy atom. The van der Waals surface area contributed by atoms with E-state index in [9.17, 15) is 9.90 Å². The molecule has 0 amide bonds. The summed E-state index contributed by atoms with van der Waals surface area (Å²) in [5.74, 6) is 0.916. The van der Waals surface area contributed by atoms with Crippen LogP contribution in [0.2, 0.25) is 0 Å². The van der Waals surface area contributed by atoms with Crippen molar-refractivity contribution in [1.82, 2.24) is 10.9 Å². The maximum Gasteiger partial charge on any atom is 0.202 e. The van der Waals surface area contributed by atoms with E-state index in [1.165, 1.54) is 6.08 Å². The molecule has 3 N–H and O–H groups in total. The molecule has 1 aliphatic heterocycles. The third kappa shape index (κ3) is 5.52. The van der Waals surface area contributed by atoms with Crippen molar-refractivity contribution in [2.45, 2.75) is 32.1 Å². The Bertz CT molecular complexity index is 600. The molecular weight excluding hydrogens is 312 g/mol. The maximum absolute atomic E-state index is 11.4. The quantitative estimate of drug-likeness (QED) is 0.656. The zero-order chi connectivity index (χ0) is 17.6. The zero-order valence-electron chi connectivity index (χ0n) is 14.2. The SMILES string of the molecule is COC(C)(C)CCOc1cccc(OCC2=CC(=O)C(O)NN2)c1. The lowest BCUT2D eigenvalue weighted by atomic mass is 10.1. The van der Waals surface area contributed by atoms with Crippen LogP contribution in [0.15, 0.2) is 36.0 Å². The highest BCUT2D eigenvalue weighted by Crippen LogP contribution is 2.21. The molecule has 7 heteroatoms. The van der Waals surface area contributed by atoms with Crippen LogP contribution in [0, 0.1) is 0 Å². The fourth-order valence-corrected chi connectivity index (χ4v) is 1.93. The first-order valence-corrected chi connectivity index (χ1v) is 7.74. The summed E-state index contributed by atoms with van der Waals surface area (Å²) in [5.41, 5.74) is 5.48. The van der Waals surface area contributed by atoms with E-state index in [-0.39, 0.29) is 12.2 Å². The molecule has 1 aromatic rings. The second-order valence-electron chi connectivity index (χ2n) is 6.07. The van der Waals surface area contributed by atoms with E-state index in [0.717, 1.165) is 6.42 Å². The molecule has 1 aromatic carbocycles. The molecule has 0 aromatic heterocycles. The maximum atomic E-state index is 11.4. The standard InChI is InChI=1S/C17H24N2O5/c1-17(2,22-3)7-8-23-13-5-4-6-14(10-13)24-11-12-9-15(20)16(21)19-18-12/h4-6,9-10,16,18-19,21H,7-8,11H2,1-3H3. The monoisotopic (exact) mass is 336 g/mol. The van der Waals surface area contributed by atoms with Gasteiger partial charge in [-0.05, 0) is 26.0 Å². The highest BCUT2D eigenvalue weighted by molar-refractivity contribution is 5.94. The van der Waals surface area contributed by atoms with Crippen LogP contribution in [-0.4, -0.2) is 43.0 Å². The molecule has 1 unspecified atom stereocenters. The van der Waals surface area contributed by atoms with Gasteiger partial charge in [-0.3, -0.25) is 4.79 Å². The first kappa shape index (κ1) is 18.3. The number of hydrogen-bond donors (Lipinski definition) is 3. The van der Waals surface area contributed by atoms with E-state index < -0.39 is 12.0 Å². The van der Waals surface area contributed by atoms with Crippen LogP contribution >= 0.6 is 0 Å². The molecule has 0 aliphatic carbocycles. The van der Waals surface area contributed by atoms with Gasteiger partial charge in [-0.1, -0.05) is 6.07 Å². The van der Waals surface area contributed by atoms with Gasteiger partial charge < -0.3 is 24.7 Å². The van der Waals surface area contributed by atoms with Crippen LogP contribution < -0.4 is 20.3 Å². The smallest absolute Gasteiger partial charge is 0.202 e.